The van der Waals surface area contributed by atoms with Gasteiger partial charge in [0.05, 0.1) is 17.1 Å². The summed E-state index contributed by atoms with van der Waals surface area (Å²) in [4.78, 5) is 21.1. The normalized spacial score (nSPS) is 13.8. The number of H-pyrrole nitrogens is 1. The molecule has 0 spiro atoms. The number of thioether (sulfide) groups is 1. The number of aromatic nitrogens is 3. The Labute approximate surface area is 158 Å². The average molecular weight is 371 g/mol. The highest BCUT2D eigenvalue weighted by Gasteiger charge is 2.26. The number of imidazole rings is 1. The summed E-state index contributed by atoms with van der Waals surface area (Å²) in [5.41, 5.74) is 1.92. The van der Waals surface area contributed by atoms with Crippen molar-refractivity contribution < 1.29 is 4.79 Å². The minimum atomic E-state index is -0.205. The lowest BCUT2D eigenvalue weighted by Gasteiger charge is -2.25. The molecule has 2 heterocycles. The SMILES string of the molecule is CSCCC(C(=O)NC(c1nc2ccccc2[nH]1)C(C)C)n1cccc1. The van der Waals surface area contributed by atoms with Crippen LogP contribution in [0.25, 0.3) is 11.0 Å². The number of fused-ring (bicyclic) bond motifs is 1. The van der Waals surface area contributed by atoms with Crippen LogP contribution < -0.4 is 5.32 Å². The van der Waals surface area contributed by atoms with Gasteiger partial charge in [0.25, 0.3) is 0 Å². The number of nitrogens with one attached hydrogen (secondary N) is 2. The molecule has 2 unspecified atom stereocenters. The van der Waals surface area contributed by atoms with Crippen LogP contribution in [0.1, 0.15) is 38.2 Å². The van der Waals surface area contributed by atoms with Crippen molar-refractivity contribution in [1.29, 1.82) is 0 Å². The Morgan fingerprint density at radius 3 is 2.62 bits per heavy atom. The molecule has 6 heteroatoms. The van der Waals surface area contributed by atoms with Gasteiger partial charge in [-0.15, -0.1) is 0 Å². The molecule has 138 valence electrons. The molecular formula is C20H26N4OS. The molecule has 5 nitrogen and oxygen atoms in total. The van der Waals surface area contributed by atoms with Gasteiger partial charge in [-0.1, -0.05) is 26.0 Å². The van der Waals surface area contributed by atoms with Gasteiger partial charge in [0.1, 0.15) is 11.9 Å². The largest absolute Gasteiger partial charge is 0.344 e. The fourth-order valence-corrected chi connectivity index (χ4v) is 3.58. The van der Waals surface area contributed by atoms with Crippen molar-refractivity contribution in [2.24, 2.45) is 5.92 Å². The fourth-order valence-electron chi connectivity index (χ4n) is 3.12. The third kappa shape index (κ3) is 4.12. The second kappa shape index (κ2) is 8.45. The Morgan fingerprint density at radius 1 is 1.23 bits per heavy atom. The van der Waals surface area contributed by atoms with Crippen LogP contribution in [0.3, 0.4) is 0 Å². The predicted molar refractivity (Wildman–Crippen MR) is 108 cm³/mol. The lowest BCUT2D eigenvalue weighted by atomic mass is 10.0. The van der Waals surface area contributed by atoms with E-state index in [1.165, 1.54) is 0 Å². The zero-order valence-corrected chi connectivity index (χ0v) is 16.3. The molecule has 0 aliphatic rings. The van der Waals surface area contributed by atoms with Gasteiger partial charge in [-0.05, 0) is 48.6 Å². The maximum Gasteiger partial charge on any atom is 0.243 e. The summed E-state index contributed by atoms with van der Waals surface area (Å²) in [6, 6.07) is 11.5. The van der Waals surface area contributed by atoms with E-state index >= 15 is 0 Å². The standard InChI is InChI=1S/C20H26N4OS/c1-14(2)18(19-21-15-8-4-5-9-16(15)22-19)23-20(25)17(10-13-26-3)24-11-6-7-12-24/h4-9,11-12,14,17-18H,10,13H2,1-3H3,(H,21,22)(H,23,25). The quantitative estimate of drug-likeness (QED) is 0.625. The minimum Gasteiger partial charge on any atom is -0.344 e. The fraction of sp³-hybridized carbons (Fsp3) is 0.400. The summed E-state index contributed by atoms with van der Waals surface area (Å²) in [5.74, 6) is 2.01. The first-order valence-electron chi connectivity index (χ1n) is 8.96. The summed E-state index contributed by atoms with van der Waals surface area (Å²) in [6.45, 7) is 4.20. The van der Waals surface area contributed by atoms with Crippen molar-refractivity contribution in [2.75, 3.05) is 12.0 Å². The molecule has 0 radical (unpaired) electrons. The molecule has 0 aliphatic carbocycles. The van der Waals surface area contributed by atoms with Crippen LogP contribution in [0.5, 0.6) is 0 Å². The highest BCUT2D eigenvalue weighted by atomic mass is 32.2. The van der Waals surface area contributed by atoms with Crippen LogP contribution in [0, 0.1) is 5.92 Å². The van der Waals surface area contributed by atoms with Crippen LogP contribution >= 0.6 is 11.8 Å². The molecule has 26 heavy (non-hydrogen) atoms. The van der Waals surface area contributed by atoms with Crippen LogP contribution in [0.2, 0.25) is 0 Å². The van der Waals surface area contributed by atoms with E-state index in [2.05, 4.69) is 30.4 Å². The highest BCUT2D eigenvalue weighted by Crippen LogP contribution is 2.24. The predicted octanol–water partition coefficient (Wildman–Crippen LogP) is 4.17. The summed E-state index contributed by atoms with van der Waals surface area (Å²) >= 11 is 1.76. The molecule has 1 aromatic carbocycles. The molecule has 0 aliphatic heterocycles. The second-order valence-electron chi connectivity index (χ2n) is 6.80. The Morgan fingerprint density at radius 2 is 1.96 bits per heavy atom. The Bertz CT molecular complexity index is 808. The van der Waals surface area contributed by atoms with Crippen molar-refractivity contribution in [1.82, 2.24) is 19.9 Å². The van der Waals surface area contributed by atoms with Gasteiger partial charge in [-0.25, -0.2) is 4.98 Å². The van der Waals surface area contributed by atoms with E-state index in [0.29, 0.717) is 0 Å². The number of nitrogens with zero attached hydrogens (tertiary/aromatic N) is 2. The molecule has 0 saturated heterocycles. The number of rotatable bonds is 8. The van der Waals surface area contributed by atoms with Gasteiger partial charge in [-0.2, -0.15) is 11.8 Å². The second-order valence-corrected chi connectivity index (χ2v) is 7.78. The van der Waals surface area contributed by atoms with Gasteiger partial charge in [0, 0.05) is 12.4 Å². The molecule has 3 rings (SSSR count). The van der Waals surface area contributed by atoms with Crippen LogP contribution in [0.15, 0.2) is 48.8 Å². The number of benzene rings is 1. The number of hydrogen-bond donors (Lipinski definition) is 2. The first-order chi connectivity index (χ1) is 12.6. The molecule has 3 aromatic rings. The number of hydrogen-bond acceptors (Lipinski definition) is 3. The lowest BCUT2D eigenvalue weighted by molar-refractivity contribution is -0.125. The van der Waals surface area contributed by atoms with Crippen LogP contribution in [-0.2, 0) is 4.79 Å². The Balaban J connectivity index is 1.82. The highest BCUT2D eigenvalue weighted by molar-refractivity contribution is 7.98. The van der Waals surface area contributed by atoms with Crippen LogP contribution in [-0.4, -0.2) is 32.5 Å². The van der Waals surface area contributed by atoms with Gasteiger partial charge in [-0.3, -0.25) is 4.79 Å². The summed E-state index contributed by atoms with van der Waals surface area (Å²) < 4.78 is 1.99. The minimum absolute atomic E-state index is 0.0365. The number of amides is 1. The van der Waals surface area contributed by atoms with Gasteiger partial charge < -0.3 is 14.9 Å². The van der Waals surface area contributed by atoms with Crippen molar-refractivity contribution in [3.05, 3.63) is 54.6 Å². The van der Waals surface area contributed by atoms with Crippen molar-refractivity contribution in [3.8, 4) is 0 Å². The number of carbonyl (C=O) groups excluding carboxylic acids is 1. The van der Waals surface area contributed by atoms with Crippen molar-refractivity contribution in [3.63, 3.8) is 0 Å². The smallest absolute Gasteiger partial charge is 0.243 e. The molecule has 2 atom stereocenters. The first kappa shape index (κ1) is 18.6. The monoisotopic (exact) mass is 370 g/mol. The molecule has 0 fully saturated rings. The number of para-hydroxylation sites is 2. The summed E-state index contributed by atoms with van der Waals surface area (Å²) in [7, 11) is 0. The molecule has 1 amide bonds. The van der Waals surface area contributed by atoms with Crippen molar-refractivity contribution >= 4 is 28.7 Å². The molecule has 2 N–H and O–H groups in total. The molecule has 0 saturated carbocycles. The summed E-state index contributed by atoms with van der Waals surface area (Å²) in [6.07, 6.45) is 6.77. The lowest BCUT2D eigenvalue weighted by Crippen LogP contribution is -2.38. The van der Waals surface area contributed by atoms with E-state index in [1.54, 1.807) is 11.8 Å². The van der Waals surface area contributed by atoms with E-state index in [9.17, 15) is 4.79 Å². The van der Waals surface area contributed by atoms with E-state index < -0.39 is 0 Å². The Hall–Kier alpha value is -2.21. The van der Waals surface area contributed by atoms with Gasteiger partial charge in [0.2, 0.25) is 5.91 Å². The van der Waals surface area contributed by atoms with E-state index in [4.69, 9.17) is 4.98 Å². The Kier molecular flexibility index (Phi) is 6.04. The van der Waals surface area contributed by atoms with E-state index in [1.807, 2.05) is 53.4 Å². The zero-order valence-electron chi connectivity index (χ0n) is 15.5. The third-order valence-corrected chi connectivity index (χ3v) is 5.20. The molecule has 0 bridgehead atoms. The molecular weight excluding hydrogens is 344 g/mol. The number of carbonyl (C=O) groups is 1. The third-order valence-electron chi connectivity index (χ3n) is 4.55. The topological polar surface area (TPSA) is 62.7 Å². The first-order valence-corrected chi connectivity index (χ1v) is 10.4. The number of aromatic amines is 1. The van der Waals surface area contributed by atoms with E-state index in [0.717, 1.165) is 29.0 Å². The maximum atomic E-state index is 13.1. The van der Waals surface area contributed by atoms with E-state index in [-0.39, 0.29) is 23.9 Å². The average Bonchev–Trinajstić information content (AvgIpc) is 3.29. The molecule has 2 aromatic heterocycles. The van der Waals surface area contributed by atoms with Gasteiger partial charge in [0.15, 0.2) is 0 Å². The zero-order chi connectivity index (χ0) is 18.5. The maximum absolute atomic E-state index is 13.1. The van der Waals surface area contributed by atoms with Gasteiger partial charge >= 0.3 is 0 Å². The van der Waals surface area contributed by atoms with Crippen molar-refractivity contribution in [2.45, 2.75) is 32.4 Å². The summed E-state index contributed by atoms with van der Waals surface area (Å²) in [5, 5.41) is 3.23. The van der Waals surface area contributed by atoms with Crippen LogP contribution in [0.4, 0.5) is 0 Å².